The fraction of sp³-hybridized carbons (Fsp3) is 0.125. The van der Waals surface area contributed by atoms with Crippen molar-refractivity contribution >= 4 is 34.7 Å². The molecule has 0 bridgehead atoms. The van der Waals surface area contributed by atoms with Crippen molar-refractivity contribution in [1.29, 1.82) is 0 Å². The molecule has 0 saturated carbocycles. The largest absolute Gasteiger partial charge is 0.507 e. The zero-order valence-electron chi connectivity index (χ0n) is 16.9. The van der Waals surface area contributed by atoms with Gasteiger partial charge < -0.3 is 14.6 Å². The molecule has 5 rings (SSSR count). The predicted octanol–water partition coefficient (Wildman–Crippen LogP) is 4.40. The van der Waals surface area contributed by atoms with Crippen molar-refractivity contribution in [1.82, 2.24) is 4.98 Å². The lowest BCUT2D eigenvalue weighted by atomic mass is 9.96. The van der Waals surface area contributed by atoms with Gasteiger partial charge in [0.25, 0.3) is 11.7 Å². The number of ether oxygens (including phenoxy) is 2. The number of aryl methyl sites for hydroxylation is 1. The van der Waals surface area contributed by atoms with Crippen LogP contribution in [0.1, 0.15) is 22.7 Å². The van der Waals surface area contributed by atoms with E-state index in [4.69, 9.17) is 21.1 Å². The van der Waals surface area contributed by atoms with Crippen molar-refractivity contribution in [2.24, 2.45) is 0 Å². The number of aromatic nitrogens is 1. The first-order valence-corrected chi connectivity index (χ1v) is 10.2. The minimum absolute atomic E-state index is 0.0430. The van der Waals surface area contributed by atoms with Crippen molar-refractivity contribution in [3.05, 3.63) is 88.2 Å². The van der Waals surface area contributed by atoms with Gasteiger partial charge in [0.15, 0.2) is 11.5 Å². The van der Waals surface area contributed by atoms with Crippen LogP contribution in [0, 0.1) is 6.92 Å². The van der Waals surface area contributed by atoms with Gasteiger partial charge >= 0.3 is 0 Å². The maximum atomic E-state index is 13.2. The van der Waals surface area contributed by atoms with Gasteiger partial charge in [0.05, 0.1) is 11.6 Å². The molecular formula is C24H17ClN2O5. The van der Waals surface area contributed by atoms with E-state index in [-0.39, 0.29) is 18.1 Å². The first-order chi connectivity index (χ1) is 15.5. The van der Waals surface area contributed by atoms with E-state index in [0.29, 0.717) is 33.3 Å². The monoisotopic (exact) mass is 448 g/mol. The number of hydrogen-bond acceptors (Lipinski definition) is 6. The number of ketones is 1. The molecule has 160 valence electrons. The van der Waals surface area contributed by atoms with E-state index in [1.807, 2.05) is 6.92 Å². The molecule has 1 aromatic heterocycles. The van der Waals surface area contributed by atoms with E-state index >= 15 is 0 Å². The smallest absolute Gasteiger partial charge is 0.300 e. The Hall–Kier alpha value is -3.84. The number of nitrogens with zero attached hydrogens (tertiary/aromatic N) is 2. The van der Waals surface area contributed by atoms with Gasteiger partial charge in [-0.3, -0.25) is 19.5 Å². The Kier molecular flexibility index (Phi) is 4.83. The lowest BCUT2D eigenvalue weighted by molar-refractivity contribution is -0.132. The Morgan fingerprint density at radius 3 is 2.69 bits per heavy atom. The first kappa shape index (κ1) is 20.1. The second kappa shape index (κ2) is 7.69. The summed E-state index contributed by atoms with van der Waals surface area (Å²) in [5.41, 5.74) is 2.15. The second-order valence-corrected chi connectivity index (χ2v) is 7.86. The fourth-order valence-corrected chi connectivity index (χ4v) is 4.06. The Labute approximate surface area is 188 Å². The number of halogens is 1. The van der Waals surface area contributed by atoms with Crippen molar-refractivity contribution in [2.75, 3.05) is 11.7 Å². The molecule has 0 radical (unpaired) electrons. The average molecular weight is 449 g/mol. The molecule has 1 fully saturated rings. The van der Waals surface area contributed by atoms with Gasteiger partial charge in [-0.25, -0.2) is 0 Å². The summed E-state index contributed by atoms with van der Waals surface area (Å²) in [5, 5.41) is 11.6. The molecule has 1 atom stereocenters. The van der Waals surface area contributed by atoms with Crippen LogP contribution in [0.15, 0.2) is 66.5 Å². The van der Waals surface area contributed by atoms with Crippen LogP contribution in [0.4, 0.5) is 5.69 Å². The van der Waals surface area contributed by atoms with Crippen LogP contribution in [-0.4, -0.2) is 28.6 Å². The summed E-state index contributed by atoms with van der Waals surface area (Å²) in [6.07, 6.45) is 3.16. The highest BCUT2D eigenvalue weighted by molar-refractivity contribution is 6.51. The molecule has 1 N–H and O–H groups in total. The Morgan fingerprint density at radius 2 is 1.94 bits per heavy atom. The highest BCUT2D eigenvalue weighted by atomic mass is 35.5. The normalized spacial score (nSPS) is 18.9. The number of aliphatic hydroxyl groups is 1. The molecule has 7 nitrogen and oxygen atoms in total. The van der Waals surface area contributed by atoms with E-state index in [1.165, 1.54) is 4.90 Å². The van der Waals surface area contributed by atoms with Crippen molar-refractivity contribution in [3.8, 4) is 11.5 Å². The minimum Gasteiger partial charge on any atom is -0.507 e. The number of fused-ring (bicyclic) bond motifs is 1. The van der Waals surface area contributed by atoms with Crippen LogP contribution < -0.4 is 14.4 Å². The summed E-state index contributed by atoms with van der Waals surface area (Å²) >= 11 is 6.30. The molecule has 0 spiro atoms. The number of rotatable bonds is 3. The third-order valence-corrected chi connectivity index (χ3v) is 5.93. The number of Topliss-reactive ketones (excluding diaryl/α,β-unsaturated/α-hetero) is 1. The van der Waals surface area contributed by atoms with Crippen molar-refractivity contribution in [2.45, 2.75) is 13.0 Å². The lowest BCUT2D eigenvalue weighted by Crippen LogP contribution is -2.29. The van der Waals surface area contributed by atoms with E-state index in [0.717, 1.165) is 5.56 Å². The summed E-state index contributed by atoms with van der Waals surface area (Å²) in [6.45, 7) is 1.92. The summed E-state index contributed by atoms with van der Waals surface area (Å²) in [6, 6.07) is 12.5. The van der Waals surface area contributed by atoms with Gasteiger partial charge in [0.2, 0.25) is 6.79 Å². The van der Waals surface area contributed by atoms with Gasteiger partial charge in [-0.15, -0.1) is 0 Å². The molecular weight excluding hydrogens is 432 g/mol. The number of anilines is 1. The zero-order chi connectivity index (χ0) is 22.4. The van der Waals surface area contributed by atoms with E-state index in [2.05, 4.69) is 4.98 Å². The molecule has 0 aliphatic carbocycles. The SMILES string of the molecule is Cc1ccc(N2C(=O)C(=O)/C(=C(\O)c3ccc4c(c3)OCO4)C2c2cccnc2)cc1Cl. The van der Waals surface area contributed by atoms with Crippen LogP contribution >= 0.6 is 11.6 Å². The minimum atomic E-state index is -0.882. The predicted molar refractivity (Wildman–Crippen MR) is 118 cm³/mol. The van der Waals surface area contributed by atoms with Crippen LogP contribution in [0.25, 0.3) is 5.76 Å². The third-order valence-electron chi connectivity index (χ3n) is 5.52. The quantitative estimate of drug-likeness (QED) is 0.363. The highest BCUT2D eigenvalue weighted by Crippen LogP contribution is 2.43. The summed E-state index contributed by atoms with van der Waals surface area (Å²) in [7, 11) is 0. The maximum absolute atomic E-state index is 13.2. The number of benzene rings is 2. The fourth-order valence-electron chi connectivity index (χ4n) is 3.88. The molecule has 1 amide bonds. The Bertz CT molecular complexity index is 1290. The molecule has 3 heterocycles. The Balaban J connectivity index is 1.70. The topological polar surface area (TPSA) is 89.0 Å². The Morgan fingerprint density at radius 1 is 1.12 bits per heavy atom. The van der Waals surface area contributed by atoms with Crippen LogP contribution in [0.2, 0.25) is 5.02 Å². The summed E-state index contributed by atoms with van der Waals surface area (Å²) < 4.78 is 10.7. The molecule has 2 aliphatic heterocycles. The average Bonchev–Trinajstić information content (AvgIpc) is 3.38. The first-order valence-electron chi connectivity index (χ1n) is 9.83. The molecule has 3 aromatic rings. The van der Waals surface area contributed by atoms with Gasteiger partial charge in [0, 0.05) is 28.7 Å². The second-order valence-electron chi connectivity index (χ2n) is 7.46. The number of carbonyl (C=O) groups excluding carboxylic acids is 2. The number of carbonyl (C=O) groups is 2. The summed E-state index contributed by atoms with van der Waals surface area (Å²) in [4.78, 5) is 31.8. The number of amides is 1. The molecule has 1 saturated heterocycles. The molecule has 8 heteroatoms. The third kappa shape index (κ3) is 3.18. The highest BCUT2D eigenvalue weighted by Gasteiger charge is 2.47. The number of pyridine rings is 1. The molecule has 32 heavy (non-hydrogen) atoms. The van der Waals surface area contributed by atoms with Crippen LogP contribution in [0.3, 0.4) is 0 Å². The van der Waals surface area contributed by atoms with Crippen LogP contribution in [-0.2, 0) is 9.59 Å². The zero-order valence-corrected chi connectivity index (χ0v) is 17.7. The van der Waals surface area contributed by atoms with E-state index in [9.17, 15) is 14.7 Å². The summed E-state index contributed by atoms with van der Waals surface area (Å²) in [5.74, 6) is -0.880. The molecule has 2 aliphatic rings. The lowest BCUT2D eigenvalue weighted by Gasteiger charge is -2.25. The molecule has 2 aromatic carbocycles. The van der Waals surface area contributed by atoms with Crippen molar-refractivity contribution in [3.63, 3.8) is 0 Å². The van der Waals surface area contributed by atoms with Gasteiger partial charge in [-0.05, 0) is 54.4 Å². The van der Waals surface area contributed by atoms with Crippen LogP contribution in [0.5, 0.6) is 11.5 Å². The number of hydrogen-bond donors (Lipinski definition) is 1. The van der Waals surface area contributed by atoms with E-state index in [1.54, 1.807) is 60.9 Å². The maximum Gasteiger partial charge on any atom is 0.300 e. The van der Waals surface area contributed by atoms with Gasteiger partial charge in [-0.2, -0.15) is 0 Å². The molecule has 1 unspecified atom stereocenters. The number of aliphatic hydroxyl groups excluding tert-OH is 1. The van der Waals surface area contributed by atoms with Crippen molar-refractivity contribution < 1.29 is 24.2 Å². The van der Waals surface area contributed by atoms with Gasteiger partial charge in [-0.1, -0.05) is 23.7 Å². The standard InChI is InChI=1S/C24H17ClN2O5/c1-13-4-6-16(10-17(13)25)27-21(15-3-2-8-26-11-15)20(23(29)24(27)30)22(28)14-5-7-18-19(9-14)32-12-31-18/h2-11,21,28H,12H2,1H3/b22-20-. The van der Waals surface area contributed by atoms with E-state index < -0.39 is 17.7 Å². The van der Waals surface area contributed by atoms with Gasteiger partial charge in [0.1, 0.15) is 5.76 Å².